The maximum atomic E-state index is 11.7. The van der Waals surface area contributed by atoms with E-state index in [1.165, 1.54) is 31.9 Å². The molecule has 2 aliphatic heterocycles. The lowest BCUT2D eigenvalue weighted by atomic mass is 9.79. The molecule has 1 atom stereocenters. The smallest absolute Gasteiger partial charge is 0.211 e. The van der Waals surface area contributed by atoms with Gasteiger partial charge in [0, 0.05) is 58.9 Å². The molecule has 3 aliphatic rings. The molecule has 0 aromatic rings. The Morgan fingerprint density at radius 2 is 1.69 bits per heavy atom. The topological polar surface area (TPSA) is 68.2 Å². The number of hydrogen-bond acceptors (Lipinski definition) is 4. The van der Waals surface area contributed by atoms with Crippen molar-refractivity contribution in [3.8, 4) is 0 Å². The molecule has 8 heteroatoms. The van der Waals surface area contributed by atoms with E-state index in [2.05, 4.69) is 34.0 Å². The molecule has 2 saturated heterocycles. The second-order valence-electron chi connectivity index (χ2n) is 9.54. The zero-order chi connectivity index (χ0) is 21.0. The number of aliphatic imine (C=N–C) groups is 1. The molecule has 3 fully saturated rings. The first-order valence-corrected chi connectivity index (χ1v) is 13.3. The van der Waals surface area contributed by atoms with E-state index in [1.807, 2.05) is 7.05 Å². The zero-order valence-electron chi connectivity index (χ0n) is 18.8. The lowest BCUT2D eigenvalue weighted by Crippen LogP contribution is -2.55. The predicted molar refractivity (Wildman–Crippen MR) is 120 cm³/mol. The summed E-state index contributed by atoms with van der Waals surface area (Å²) < 4.78 is 25.0. The van der Waals surface area contributed by atoms with Gasteiger partial charge in [0.05, 0.1) is 6.26 Å². The SMILES string of the molecule is CN=C(NCC1CCN(S(C)(=O)=O)C1)N1CCN(C2CCC(C(C)C)CC2)CC1. The zero-order valence-corrected chi connectivity index (χ0v) is 19.6. The first kappa shape index (κ1) is 22.8. The third kappa shape index (κ3) is 6.07. The molecule has 168 valence electrons. The van der Waals surface area contributed by atoms with Gasteiger partial charge in [0.2, 0.25) is 10.0 Å². The summed E-state index contributed by atoms with van der Waals surface area (Å²) in [6.45, 7) is 11.1. The lowest BCUT2D eigenvalue weighted by Gasteiger charge is -2.43. The van der Waals surface area contributed by atoms with Crippen molar-refractivity contribution in [1.82, 2.24) is 19.4 Å². The first-order chi connectivity index (χ1) is 13.8. The average molecular weight is 428 g/mol. The van der Waals surface area contributed by atoms with Gasteiger partial charge in [-0.05, 0) is 49.9 Å². The molecule has 1 aliphatic carbocycles. The minimum Gasteiger partial charge on any atom is -0.356 e. The van der Waals surface area contributed by atoms with Gasteiger partial charge in [-0.3, -0.25) is 9.89 Å². The number of hydrogen-bond donors (Lipinski definition) is 1. The van der Waals surface area contributed by atoms with Crippen LogP contribution < -0.4 is 5.32 Å². The minimum absolute atomic E-state index is 0.360. The van der Waals surface area contributed by atoms with Gasteiger partial charge in [0.1, 0.15) is 0 Å². The van der Waals surface area contributed by atoms with Crippen molar-refractivity contribution >= 4 is 16.0 Å². The second kappa shape index (κ2) is 9.96. The summed E-state index contributed by atoms with van der Waals surface area (Å²) in [5.41, 5.74) is 0. The van der Waals surface area contributed by atoms with Crippen LogP contribution in [0.25, 0.3) is 0 Å². The number of nitrogens with one attached hydrogen (secondary N) is 1. The minimum atomic E-state index is -3.07. The third-order valence-electron chi connectivity index (χ3n) is 7.29. The van der Waals surface area contributed by atoms with Crippen LogP contribution >= 0.6 is 0 Å². The molecule has 0 bridgehead atoms. The van der Waals surface area contributed by atoms with Crippen LogP contribution in [0.2, 0.25) is 0 Å². The summed E-state index contributed by atoms with van der Waals surface area (Å²) in [4.78, 5) is 9.54. The molecule has 0 radical (unpaired) electrons. The van der Waals surface area contributed by atoms with Crippen LogP contribution in [0.3, 0.4) is 0 Å². The van der Waals surface area contributed by atoms with E-state index in [0.29, 0.717) is 19.0 Å². The Labute approximate surface area is 178 Å². The van der Waals surface area contributed by atoms with E-state index in [1.54, 1.807) is 4.31 Å². The molecule has 3 rings (SSSR count). The summed E-state index contributed by atoms with van der Waals surface area (Å²) >= 11 is 0. The van der Waals surface area contributed by atoms with Crippen LogP contribution in [0.5, 0.6) is 0 Å². The summed E-state index contributed by atoms with van der Waals surface area (Å²) in [5.74, 6) is 3.07. The second-order valence-corrected chi connectivity index (χ2v) is 11.5. The highest BCUT2D eigenvalue weighted by Crippen LogP contribution is 2.32. The summed E-state index contributed by atoms with van der Waals surface area (Å²) in [6, 6.07) is 0.766. The van der Waals surface area contributed by atoms with E-state index in [4.69, 9.17) is 0 Å². The molecule has 0 spiro atoms. The Morgan fingerprint density at radius 3 is 2.21 bits per heavy atom. The summed E-state index contributed by atoms with van der Waals surface area (Å²) in [6.07, 6.45) is 7.71. The van der Waals surface area contributed by atoms with Gasteiger partial charge >= 0.3 is 0 Å². The molecule has 2 heterocycles. The molecule has 0 aromatic heterocycles. The van der Waals surface area contributed by atoms with Crippen LogP contribution in [-0.4, -0.2) is 93.6 Å². The van der Waals surface area contributed by atoms with Crippen molar-refractivity contribution in [1.29, 1.82) is 0 Å². The van der Waals surface area contributed by atoms with Crippen molar-refractivity contribution in [2.24, 2.45) is 22.7 Å². The molecule has 29 heavy (non-hydrogen) atoms. The molecule has 7 nitrogen and oxygen atoms in total. The van der Waals surface area contributed by atoms with Gasteiger partial charge in [-0.2, -0.15) is 0 Å². The molecule has 1 N–H and O–H groups in total. The molecule has 1 saturated carbocycles. The highest BCUT2D eigenvalue weighted by atomic mass is 32.2. The molecule has 0 amide bonds. The van der Waals surface area contributed by atoms with E-state index in [9.17, 15) is 8.42 Å². The van der Waals surface area contributed by atoms with E-state index >= 15 is 0 Å². The Morgan fingerprint density at radius 1 is 1.03 bits per heavy atom. The Hall–Kier alpha value is -0.860. The van der Waals surface area contributed by atoms with Crippen molar-refractivity contribution in [3.63, 3.8) is 0 Å². The molecule has 0 aromatic carbocycles. The molecule has 1 unspecified atom stereocenters. The maximum absolute atomic E-state index is 11.7. The first-order valence-electron chi connectivity index (χ1n) is 11.4. The predicted octanol–water partition coefficient (Wildman–Crippen LogP) is 1.68. The summed E-state index contributed by atoms with van der Waals surface area (Å²) in [5, 5.41) is 3.50. The number of sulfonamides is 1. The Balaban J connectivity index is 1.40. The largest absolute Gasteiger partial charge is 0.356 e. The Kier molecular flexibility index (Phi) is 7.84. The average Bonchev–Trinajstić information content (AvgIpc) is 3.19. The molecular formula is C21H41N5O2S. The van der Waals surface area contributed by atoms with Crippen LogP contribution in [0.15, 0.2) is 4.99 Å². The van der Waals surface area contributed by atoms with Gasteiger partial charge in [-0.25, -0.2) is 12.7 Å². The lowest BCUT2D eigenvalue weighted by molar-refractivity contribution is 0.0864. The maximum Gasteiger partial charge on any atom is 0.211 e. The van der Waals surface area contributed by atoms with Crippen LogP contribution in [-0.2, 0) is 10.0 Å². The van der Waals surface area contributed by atoms with Crippen molar-refractivity contribution in [2.45, 2.75) is 52.0 Å². The highest BCUT2D eigenvalue weighted by molar-refractivity contribution is 7.88. The van der Waals surface area contributed by atoms with E-state index in [0.717, 1.165) is 63.0 Å². The highest BCUT2D eigenvalue weighted by Gasteiger charge is 2.31. The van der Waals surface area contributed by atoms with E-state index in [-0.39, 0.29) is 0 Å². The quantitative estimate of drug-likeness (QED) is 0.534. The fourth-order valence-electron chi connectivity index (χ4n) is 5.27. The van der Waals surface area contributed by atoms with Crippen molar-refractivity contribution in [3.05, 3.63) is 0 Å². The van der Waals surface area contributed by atoms with Crippen LogP contribution in [0.1, 0.15) is 46.0 Å². The number of guanidine groups is 1. The van der Waals surface area contributed by atoms with Gasteiger partial charge in [-0.15, -0.1) is 0 Å². The van der Waals surface area contributed by atoms with Crippen molar-refractivity contribution < 1.29 is 8.42 Å². The fourth-order valence-corrected chi connectivity index (χ4v) is 6.18. The standard InChI is InChI=1S/C21H41N5O2S/c1-17(2)19-5-7-20(8-6-19)24-11-13-25(14-12-24)21(22-3)23-15-18-9-10-26(16-18)29(4,27)28/h17-20H,5-16H2,1-4H3,(H,22,23). The van der Waals surface area contributed by atoms with Crippen LogP contribution in [0, 0.1) is 17.8 Å². The monoisotopic (exact) mass is 427 g/mol. The van der Waals surface area contributed by atoms with Gasteiger partial charge in [-0.1, -0.05) is 13.8 Å². The van der Waals surface area contributed by atoms with Gasteiger partial charge in [0.15, 0.2) is 5.96 Å². The fraction of sp³-hybridized carbons (Fsp3) is 0.952. The molecular weight excluding hydrogens is 386 g/mol. The Bertz CT molecular complexity index is 650. The normalized spacial score (nSPS) is 30.9. The van der Waals surface area contributed by atoms with E-state index < -0.39 is 10.0 Å². The number of rotatable bonds is 5. The number of piperazine rings is 1. The number of nitrogens with zero attached hydrogens (tertiary/aromatic N) is 4. The van der Waals surface area contributed by atoms with Gasteiger partial charge in [0.25, 0.3) is 0 Å². The van der Waals surface area contributed by atoms with Crippen LogP contribution in [0.4, 0.5) is 0 Å². The van der Waals surface area contributed by atoms with Crippen molar-refractivity contribution in [2.75, 3.05) is 59.1 Å². The third-order valence-corrected chi connectivity index (χ3v) is 8.56. The summed E-state index contributed by atoms with van der Waals surface area (Å²) in [7, 11) is -1.22. The van der Waals surface area contributed by atoms with Gasteiger partial charge < -0.3 is 10.2 Å².